The molecular weight excluding hydrogens is 430 g/mol. The van der Waals surface area contributed by atoms with Crippen LogP contribution in [0.1, 0.15) is 38.0 Å². The molecule has 0 unspecified atom stereocenters. The Labute approximate surface area is 190 Å². The molecule has 32 heavy (non-hydrogen) atoms. The first-order chi connectivity index (χ1) is 15.1. The predicted octanol–water partition coefficient (Wildman–Crippen LogP) is 2.59. The van der Waals surface area contributed by atoms with Crippen LogP contribution in [-0.2, 0) is 19.9 Å². The van der Waals surface area contributed by atoms with Crippen LogP contribution in [0.2, 0.25) is 5.02 Å². The van der Waals surface area contributed by atoms with Gasteiger partial charge in [-0.25, -0.2) is 0 Å². The van der Waals surface area contributed by atoms with Gasteiger partial charge in [-0.1, -0.05) is 41.9 Å². The van der Waals surface area contributed by atoms with Gasteiger partial charge in [0.1, 0.15) is 5.54 Å². The van der Waals surface area contributed by atoms with E-state index in [1.807, 2.05) is 0 Å². The Bertz CT molecular complexity index is 1140. The van der Waals surface area contributed by atoms with E-state index in [2.05, 4.69) is 10.6 Å². The van der Waals surface area contributed by atoms with Crippen LogP contribution in [0.4, 0.5) is 5.69 Å². The first kappa shape index (κ1) is 21.1. The lowest BCUT2D eigenvalue weighted by Crippen LogP contribution is -2.56. The van der Waals surface area contributed by atoms with E-state index in [-0.39, 0.29) is 5.91 Å². The van der Waals surface area contributed by atoms with Crippen LogP contribution in [0, 0.1) is 11.8 Å². The lowest BCUT2D eigenvalue weighted by Gasteiger charge is -2.35. The smallest absolute Gasteiger partial charge is 0.250 e. The minimum atomic E-state index is -1.44. The monoisotopic (exact) mass is 453 g/mol. The Hall–Kier alpha value is -2.74. The molecule has 3 aliphatic heterocycles. The molecule has 3 amide bonds. The summed E-state index contributed by atoms with van der Waals surface area (Å²) in [6, 6.07) is 13.0. The number of likely N-dealkylation sites (tertiary alicyclic amines) is 1. The number of anilines is 1. The van der Waals surface area contributed by atoms with Gasteiger partial charge >= 0.3 is 0 Å². The Kier molecular flexibility index (Phi) is 4.54. The highest BCUT2D eigenvalue weighted by atomic mass is 35.5. The van der Waals surface area contributed by atoms with Crippen LogP contribution >= 0.6 is 11.6 Å². The maximum atomic E-state index is 13.7. The van der Waals surface area contributed by atoms with Crippen molar-refractivity contribution in [2.45, 2.75) is 44.0 Å². The minimum Gasteiger partial charge on any atom is -0.387 e. The fourth-order valence-electron chi connectivity index (χ4n) is 5.49. The second-order valence-corrected chi connectivity index (χ2v) is 10.1. The fourth-order valence-corrected chi connectivity index (χ4v) is 5.61. The van der Waals surface area contributed by atoms with Gasteiger partial charge in [0.15, 0.2) is 0 Å². The molecule has 8 heteroatoms. The third kappa shape index (κ3) is 2.71. The van der Waals surface area contributed by atoms with Gasteiger partial charge in [0.05, 0.1) is 24.0 Å². The molecule has 2 aromatic carbocycles. The summed E-state index contributed by atoms with van der Waals surface area (Å²) in [6.07, 6.45) is -1.13. The van der Waals surface area contributed by atoms with E-state index in [0.717, 1.165) is 0 Å². The SMILES string of the molecule is CC(C)(C)N1C(=O)[C@H]2[C@@H]([C@H](O)c3ccc(Cl)cc3)N[C@@]3(C(=O)Nc4ccccc43)[C@H]2C1=O. The van der Waals surface area contributed by atoms with Crippen molar-refractivity contribution in [3.63, 3.8) is 0 Å². The van der Waals surface area contributed by atoms with E-state index in [1.54, 1.807) is 69.3 Å². The summed E-state index contributed by atoms with van der Waals surface area (Å²) in [5.41, 5.74) is -0.442. The number of halogens is 1. The van der Waals surface area contributed by atoms with Crippen LogP contribution < -0.4 is 10.6 Å². The number of imide groups is 1. The average Bonchev–Trinajstić information content (AvgIpc) is 3.32. The molecule has 0 bridgehead atoms. The second kappa shape index (κ2) is 6.88. The summed E-state index contributed by atoms with van der Waals surface area (Å²) in [5.74, 6) is -3.05. The third-order valence-corrected chi connectivity index (χ3v) is 7.03. The van der Waals surface area contributed by atoms with Gasteiger partial charge in [-0.15, -0.1) is 0 Å². The minimum absolute atomic E-state index is 0.382. The van der Waals surface area contributed by atoms with Crippen LogP contribution in [0.5, 0.6) is 0 Å². The van der Waals surface area contributed by atoms with Crippen molar-refractivity contribution >= 4 is 35.0 Å². The number of hydrogen-bond donors (Lipinski definition) is 3. The number of nitrogens with one attached hydrogen (secondary N) is 2. The molecule has 3 aliphatic rings. The van der Waals surface area contributed by atoms with Crippen molar-refractivity contribution in [1.82, 2.24) is 10.2 Å². The Morgan fingerprint density at radius 2 is 1.69 bits per heavy atom. The quantitative estimate of drug-likeness (QED) is 0.607. The zero-order valence-electron chi connectivity index (χ0n) is 17.9. The van der Waals surface area contributed by atoms with Crippen molar-refractivity contribution in [3.8, 4) is 0 Å². The Balaban J connectivity index is 1.68. The van der Waals surface area contributed by atoms with Gasteiger partial charge in [0.2, 0.25) is 17.7 Å². The molecule has 1 spiro atoms. The number of amides is 3. The molecule has 2 fully saturated rings. The van der Waals surface area contributed by atoms with Crippen molar-refractivity contribution in [3.05, 3.63) is 64.7 Å². The largest absolute Gasteiger partial charge is 0.387 e. The molecule has 3 N–H and O–H groups in total. The van der Waals surface area contributed by atoms with E-state index in [1.165, 1.54) is 4.90 Å². The molecule has 3 heterocycles. The van der Waals surface area contributed by atoms with E-state index in [9.17, 15) is 19.5 Å². The van der Waals surface area contributed by atoms with Crippen molar-refractivity contribution < 1.29 is 19.5 Å². The summed E-state index contributed by atoms with van der Waals surface area (Å²) in [7, 11) is 0. The number of aliphatic hydroxyl groups excluding tert-OH is 1. The van der Waals surface area contributed by atoms with Crippen LogP contribution in [0.3, 0.4) is 0 Å². The number of benzene rings is 2. The maximum Gasteiger partial charge on any atom is 0.250 e. The molecule has 5 atom stereocenters. The van der Waals surface area contributed by atoms with Gasteiger partial charge in [0, 0.05) is 21.8 Å². The zero-order valence-corrected chi connectivity index (χ0v) is 18.7. The summed E-state index contributed by atoms with van der Waals surface area (Å²) in [4.78, 5) is 42.0. The molecule has 0 aliphatic carbocycles. The number of carbonyl (C=O) groups is 3. The van der Waals surface area contributed by atoms with Crippen LogP contribution in [-0.4, -0.2) is 39.3 Å². The number of fused-ring (bicyclic) bond motifs is 4. The van der Waals surface area contributed by atoms with E-state index < -0.39 is 46.9 Å². The average molecular weight is 454 g/mol. The number of nitrogens with zero attached hydrogens (tertiary/aromatic N) is 1. The van der Waals surface area contributed by atoms with Gasteiger partial charge in [-0.05, 0) is 44.5 Å². The number of aliphatic hydroxyl groups is 1. The van der Waals surface area contributed by atoms with Gasteiger partial charge in [-0.3, -0.25) is 24.6 Å². The molecule has 0 saturated carbocycles. The second-order valence-electron chi connectivity index (χ2n) is 9.66. The number of carbonyl (C=O) groups excluding carboxylic acids is 3. The summed E-state index contributed by atoms with van der Waals surface area (Å²) in [6.45, 7) is 5.37. The summed E-state index contributed by atoms with van der Waals surface area (Å²) >= 11 is 5.99. The fraction of sp³-hybridized carbons (Fsp3) is 0.375. The van der Waals surface area contributed by atoms with Gasteiger partial charge < -0.3 is 10.4 Å². The van der Waals surface area contributed by atoms with Crippen LogP contribution in [0.15, 0.2) is 48.5 Å². The molecule has 7 nitrogen and oxygen atoms in total. The van der Waals surface area contributed by atoms with Gasteiger partial charge in [0.25, 0.3) is 0 Å². The number of para-hydroxylation sites is 1. The normalized spacial score (nSPS) is 30.0. The highest BCUT2D eigenvalue weighted by Crippen LogP contribution is 2.55. The van der Waals surface area contributed by atoms with Crippen LogP contribution in [0.25, 0.3) is 0 Å². The third-order valence-electron chi connectivity index (χ3n) is 6.78. The Morgan fingerprint density at radius 1 is 1.03 bits per heavy atom. The molecule has 0 aromatic heterocycles. The highest BCUT2D eigenvalue weighted by molar-refractivity contribution is 6.30. The molecule has 2 saturated heterocycles. The number of hydrogen-bond acceptors (Lipinski definition) is 5. The lowest BCUT2D eigenvalue weighted by atomic mass is 9.76. The lowest BCUT2D eigenvalue weighted by molar-refractivity contribution is -0.148. The standard InChI is InChI=1S/C24H24ClN3O4/c1-23(2,3)28-20(30)16-17(21(28)31)24(14-6-4-5-7-15(14)26-22(24)32)27-18(16)19(29)12-8-10-13(25)11-9-12/h4-11,16-19,27,29H,1-3H3,(H,26,32)/t16-,17-,18+,19-,24-/m1/s1. The van der Waals surface area contributed by atoms with Crippen molar-refractivity contribution in [2.75, 3.05) is 5.32 Å². The summed E-state index contributed by atoms with van der Waals surface area (Å²) < 4.78 is 0. The van der Waals surface area contributed by atoms with E-state index >= 15 is 0 Å². The van der Waals surface area contributed by atoms with Gasteiger partial charge in [-0.2, -0.15) is 0 Å². The number of rotatable bonds is 2. The topological polar surface area (TPSA) is 98.7 Å². The molecular formula is C24H24ClN3O4. The summed E-state index contributed by atoms with van der Waals surface area (Å²) in [5, 5.41) is 17.9. The van der Waals surface area contributed by atoms with Crippen molar-refractivity contribution in [2.24, 2.45) is 11.8 Å². The van der Waals surface area contributed by atoms with E-state index in [0.29, 0.717) is 21.8 Å². The first-order valence-electron chi connectivity index (χ1n) is 10.6. The molecule has 0 radical (unpaired) electrons. The maximum absolute atomic E-state index is 13.7. The molecule has 166 valence electrons. The Morgan fingerprint density at radius 3 is 2.34 bits per heavy atom. The van der Waals surface area contributed by atoms with Crippen molar-refractivity contribution in [1.29, 1.82) is 0 Å². The predicted molar refractivity (Wildman–Crippen MR) is 119 cm³/mol. The van der Waals surface area contributed by atoms with E-state index in [4.69, 9.17) is 11.6 Å². The molecule has 5 rings (SSSR count). The molecule has 2 aromatic rings. The first-order valence-corrected chi connectivity index (χ1v) is 11.0. The highest BCUT2D eigenvalue weighted by Gasteiger charge is 2.72. The zero-order chi connectivity index (χ0) is 23.0.